The number of rotatable bonds is 4. The zero-order valence-corrected chi connectivity index (χ0v) is 11.7. The standard InChI is InChI=1S/C15H23NO2S/c1-3-9-16-10-5-7-14(12-16)13-6-4-8-15(11-13)19(2,17)18/h4,6,8,11,14H,3,5,7,9-10,12H2,1-2H3/t14-/m1/s1/i5D2,7D2,10D2,12D2,14D. The summed E-state index contributed by atoms with van der Waals surface area (Å²) in [5.74, 6) is -2.95. The molecule has 0 unspecified atom stereocenters. The third-order valence-corrected chi connectivity index (χ3v) is 3.73. The van der Waals surface area contributed by atoms with Crippen molar-refractivity contribution in [3.8, 4) is 0 Å². The van der Waals surface area contributed by atoms with Crippen LogP contribution in [0, 0.1) is 0 Å². The molecule has 0 bridgehead atoms. The van der Waals surface area contributed by atoms with Crippen LogP contribution < -0.4 is 0 Å². The van der Waals surface area contributed by atoms with Gasteiger partial charge in [0.2, 0.25) is 0 Å². The van der Waals surface area contributed by atoms with E-state index in [9.17, 15) is 8.42 Å². The fourth-order valence-corrected chi connectivity index (χ4v) is 2.37. The summed E-state index contributed by atoms with van der Waals surface area (Å²) in [4.78, 5) is 0.265. The number of sulfone groups is 1. The Balaban J connectivity index is 2.90. The molecule has 3 nitrogen and oxygen atoms in total. The molecule has 1 saturated heterocycles. The van der Waals surface area contributed by atoms with Crippen LogP contribution in [0.1, 0.15) is 49.9 Å². The van der Waals surface area contributed by atoms with E-state index in [4.69, 9.17) is 12.3 Å². The molecule has 1 aliphatic rings. The largest absolute Gasteiger partial charge is 0.303 e. The van der Waals surface area contributed by atoms with Crippen LogP contribution in [0.15, 0.2) is 29.2 Å². The second-order valence-electron chi connectivity index (χ2n) is 4.30. The molecule has 1 heterocycles. The molecule has 1 aliphatic heterocycles. The van der Waals surface area contributed by atoms with Gasteiger partial charge in [0.05, 0.1) is 4.90 Å². The molecule has 19 heavy (non-hydrogen) atoms. The number of benzene rings is 1. The van der Waals surface area contributed by atoms with Crippen molar-refractivity contribution in [2.75, 3.05) is 25.8 Å². The van der Waals surface area contributed by atoms with E-state index in [1.165, 1.54) is 18.2 Å². The quantitative estimate of drug-likeness (QED) is 0.855. The summed E-state index contributed by atoms with van der Waals surface area (Å²) in [7, 11) is -3.75. The molecular weight excluding hydrogens is 258 g/mol. The van der Waals surface area contributed by atoms with Crippen LogP contribution in [-0.2, 0) is 9.84 Å². The summed E-state index contributed by atoms with van der Waals surface area (Å²) < 4.78 is 98.9. The minimum Gasteiger partial charge on any atom is -0.303 e. The summed E-state index contributed by atoms with van der Waals surface area (Å²) in [6.07, 6.45) is -5.47. The third kappa shape index (κ3) is 3.80. The predicted octanol–water partition coefficient (Wildman–Crippen LogP) is 2.68. The van der Waals surface area contributed by atoms with Gasteiger partial charge in [-0.2, -0.15) is 0 Å². The first kappa shape index (κ1) is 6.72. The number of likely N-dealkylation sites (tertiary alicyclic amines) is 1. The normalized spacial score (nSPS) is 42.9. The maximum atomic E-state index is 11.9. The van der Waals surface area contributed by atoms with E-state index in [0.717, 1.165) is 12.3 Å². The van der Waals surface area contributed by atoms with Gasteiger partial charge in [-0.3, -0.25) is 0 Å². The fraction of sp³-hybridized carbons (Fsp3) is 0.600. The Bertz CT molecular complexity index is 872. The van der Waals surface area contributed by atoms with Crippen LogP contribution in [0.4, 0.5) is 0 Å². The third-order valence-electron chi connectivity index (χ3n) is 2.62. The summed E-state index contributed by atoms with van der Waals surface area (Å²) in [5.41, 5.74) is -0.383. The second-order valence-corrected chi connectivity index (χ2v) is 6.32. The van der Waals surface area contributed by atoms with Gasteiger partial charge in [0.15, 0.2) is 9.84 Å². The van der Waals surface area contributed by atoms with Crippen molar-refractivity contribution in [1.29, 1.82) is 0 Å². The lowest BCUT2D eigenvalue weighted by molar-refractivity contribution is 0.208. The van der Waals surface area contributed by atoms with Gasteiger partial charge in [-0.25, -0.2) is 8.42 Å². The fourth-order valence-electron chi connectivity index (χ4n) is 1.70. The van der Waals surface area contributed by atoms with Crippen LogP contribution in [0.5, 0.6) is 0 Å². The Hall–Kier alpha value is -0.870. The Morgan fingerprint density at radius 1 is 1.53 bits per heavy atom. The van der Waals surface area contributed by atoms with Crippen molar-refractivity contribution in [2.45, 2.75) is 36.9 Å². The molecular formula is C15H23NO2S. The van der Waals surface area contributed by atoms with Gasteiger partial charge in [-0.15, -0.1) is 0 Å². The summed E-state index contributed by atoms with van der Waals surface area (Å²) >= 11 is 0. The molecule has 106 valence electrons. The molecule has 1 fully saturated rings. The minimum absolute atomic E-state index is 0.234. The molecule has 0 radical (unpaired) electrons. The Morgan fingerprint density at radius 3 is 3.00 bits per heavy atom. The molecule has 1 aromatic rings. The van der Waals surface area contributed by atoms with Gasteiger partial charge < -0.3 is 4.90 Å². The van der Waals surface area contributed by atoms with Crippen molar-refractivity contribution in [3.63, 3.8) is 0 Å². The molecule has 4 heteroatoms. The number of nitrogens with zero attached hydrogens (tertiary/aromatic N) is 1. The first-order valence-electron chi connectivity index (χ1n) is 10.5. The highest BCUT2D eigenvalue weighted by Gasteiger charge is 2.21. The van der Waals surface area contributed by atoms with E-state index < -0.39 is 41.5 Å². The Labute approximate surface area is 129 Å². The smallest absolute Gasteiger partial charge is 0.175 e. The first-order chi connectivity index (χ1) is 12.4. The van der Waals surface area contributed by atoms with Crippen molar-refractivity contribution in [3.05, 3.63) is 29.8 Å². The lowest BCUT2D eigenvalue weighted by atomic mass is 9.90. The van der Waals surface area contributed by atoms with Crippen LogP contribution >= 0.6 is 0 Å². The van der Waals surface area contributed by atoms with Crippen molar-refractivity contribution in [1.82, 2.24) is 4.90 Å². The van der Waals surface area contributed by atoms with Gasteiger partial charge in [-0.05, 0) is 55.8 Å². The molecule has 1 atom stereocenters. The van der Waals surface area contributed by atoms with E-state index in [2.05, 4.69) is 0 Å². The highest BCUT2D eigenvalue weighted by atomic mass is 32.2. The molecule has 0 N–H and O–H groups in total. The SMILES string of the molecule is [2H]C1([2H])N(CCC)C([2H])([2H])[C@]([2H])(c2cccc(S(C)(=O)=O)c2)C([2H])([2H])C1([2H])[2H]. The second kappa shape index (κ2) is 6.06. The van der Waals surface area contributed by atoms with Crippen molar-refractivity contribution in [2.24, 2.45) is 0 Å². The maximum Gasteiger partial charge on any atom is 0.175 e. The van der Waals surface area contributed by atoms with Crippen LogP contribution in [0.25, 0.3) is 0 Å². The van der Waals surface area contributed by atoms with Crippen molar-refractivity contribution >= 4 is 9.84 Å². The summed E-state index contributed by atoms with van der Waals surface area (Å²) in [5, 5.41) is 0. The first-order valence-corrected chi connectivity index (χ1v) is 7.88. The topological polar surface area (TPSA) is 37.4 Å². The zero-order valence-electron chi connectivity index (χ0n) is 19.9. The van der Waals surface area contributed by atoms with E-state index >= 15 is 0 Å². The number of hydrogen-bond acceptors (Lipinski definition) is 3. The van der Waals surface area contributed by atoms with Crippen molar-refractivity contribution < 1.29 is 20.8 Å². The van der Waals surface area contributed by atoms with Crippen LogP contribution in [0.3, 0.4) is 0 Å². The monoisotopic (exact) mass is 290 g/mol. The van der Waals surface area contributed by atoms with Gasteiger partial charge in [0.25, 0.3) is 0 Å². The van der Waals surface area contributed by atoms with Gasteiger partial charge >= 0.3 is 0 Å². The average Bonchev–Trinajstić information content (AvgIpc) is 2.56. The van der Waals surface area contributed by atoms with E-state index in [1.54, 1.807) is 6.92 Å². The van der Waals surface area contributed by atoms with Crippen LogP contribution in [0.2, 0.25) is 0 Å². The summed E-state index contributed by atoms with van der Waals surface area (Å²) in [6.45, 7) is -4.67. The Kier molecular flexibility index (Phi) is 2.14. The van der Waals surface area contributed by atoms with E-state index in [-0.39, 0.29) is 23.4 Å². The highest BCUT2D eigenvalue weighted by molar-refractivity contribution is 7.90. The van der Waals surface area contributed by atoms with Gasteiger partial charge in [0, 0.05) is 25.1 Å². The minimum atomic E-state index is -3.75. The number of hydrogen-bond donors (Lipinski definition) is 0. The highest BCUT2D eigenvalue weighted by Crippen LogP contribution is 2.28. The van der Waals surface area contributed by atoms with Crippen LogP contribution in [-0.4, -0.2) is 39.1 Å². The van der Waals surface area contributed by atoms with Gasteiger partial charge in [-0.1, -0.05) is 19.1 Å². The zero-order chi connectivity index (χ0) is 22.0. The maximum absolute atomic E-state index is 11.9. The molecule has 0 aromatic heterocycles. The molecule has 0 amide bonds. The predicted molar refractivity (Wildman–Crippen MR) is 78.3 cm³/mol. The van der Waals surface area contributed by atoms with Gasteiger partial charge in [0.1, 0.15) is 0 Å². The lowest BCUT2D eigenvalue weighted by Crippen LogP contribution is -2.34. The number of piperidine rings is 1. The lowest BCUT2D eigenvalue weighted by Gasteiger charge is -2.32. The molecule has 0 saturated carbocycles. The summed E-state index contributed by atoms with van der Waals surface area (Å²) in [6, 6.07) is 4.57. The average molecular weight is 290 g/mol. The molecule has 2 rings (SSSR count). The van der Waals surface area contributed by atoms with E-state index in [1.807, 2.05) is 0 Å². The molecule has 1 aromatic carbocycles. The molecule has 0 spiro atoms. The Morgan fingerprint density at radius 2 is 2.32 bits per heavy atom. The molecule has 0 aliphatic carbocycles. The van der Waals surface area contributed by atoms with E-state index in [0.29, 0.717) is 4.90 Å².